The number of rotatable bonds is 3. The average molecular weight is 259 g/mol. The minimum Gasteiger partial charge on any atom is -0.461 e. The van der Waals surface area contributed by atoms with Crippen molar-refractivity contribution in [3.63, 3.8) is 0 Å². The summed E-state index contributed by atoms with van der Waals surface area (Å²) in [6.45, 7) is -0.680. The van der Waals surface area contributed by atoms with E-state index in [0.717, 1.165) is 0 Å². The third kappa shape index (κ3) is 1.83. The van der Waals surface area contributed by atoms with Gasteiger partial charge in [-0.2, -0.15) is 0 Å². The molecule has 0 aliphatic heterocycles. The van der Waals surface area contributed by atoms with Crippen LogP contribution in [0.4, 0.5) is 5.82 Å². The van der Waals surface area contributed by atoms with Crippen molar-refractivity contribution in [1.29, 1.82) is 0 Å². The van der Waals surface area contributed by atoms with Gasteiger partial charge in [0.25, 0.3) is 0 Å². The van der Waals surface area contributed by atoms with E-state index in [1.165, 1.54) is 6.26 Å². The van der Waals surface area contributed by atoms with Crippen LogP contribution in [0.3, 0.4) is 0 Å². The van der Waals surface area contributed by atoms with E-state index < -0.39 is 12.4 Å². The van der Waals surface area contributed by atoms with Crippen LogP contribution >= 0.6 is 0 Å². The molecule has 0 aliphatic rings. The van der Waals surface area contributed by atoms with E-state index in [1.807, 2.05) is 0 Å². The fourth-order valence-corrected chi connectivity index (χ4v) is 1.64. The van der Waals surface area contributed by atoms with Crippen molar-refractivity contribution in [2.24, 2.45) is 0 Å². The van der Waals surface area contributed by atoms with Crippen LogP contribution in [0.1, 0.15) is 10.6 Å². The van der Waals surface area contributed by atoms with Crippen molar-refractivity contribution < 1.29 is 14.3 Å². The Balaban J connectivity index is 2.17. The van der Waals surface area contributed by atoms with Crippen LogP contribution in [0.5, 0.6) is 0 Å². The number of nitrogen functional groups attached to an aromatic ring is 1. The molecule has 96 valence electrons. The standard InChI is InChI=1S/C11H9N5O3/c12-8-7-11(15-9(14-8)5(18)4-17)16-10(13-7)6-2-1-3-19-6/h1-3,17H,4H2,(H3,12,13,14,15,16). The Labute approximate surface area is 106 Å². The highest BCUT2D eigenvalue weighted by atomic mass is 16.3. The zero-order chi connectivity index (χ0) is 13.4. The van der Waals surface area contributed by atoms with Crippen LogP contribution in [0.2, 0.25) is 0 Å². The number of aromatic nitrogens is 4. The average Bonchev–Trinajstić information content (AvgIpc) is 3.05. The highest BCUT2D eigenvalue weighted by Crippen LogP contribution is 2.22. The summed E-state index contributed by atoms with van der Waals surface area (Å²) in [5.74, 6) is 0.273. The maximum Gasteiger partial charge on any atom is 0.225 e. The lowest BCUT2D eigenvalue weighted by Gasteiger charge is -1.98. The van der Waals surface area contributed by atoms with Crippen molar-refractivity contribution in [3.05, 3.63) is 24.2 Å². The van der Waals surface area contributed by atoms with Crippen LogP contribution in [0, 0.1) is 0 Å². The predicted octanol–water partition coefficient (Wildman–Crippen LogP) is 0.370. The largest absolute Gasteiger partial charge is 0.461 e. The molecular formula is C11H9N5O3. The first-order chi connectivity index (χ1) is 9.19. The van der Waals surface area contributed by atoms with Crippen molar-refractivity contribution in [2.45, 2.75) is 0 Å². The van der Waals surface area contributed by atoms with Gasteiger partial charge in [0.05, 0.1) is 6.26 Å². The molecule has 0 aromatic carbocycles. The summed E-state index contributed by atoms with van der Waals surface area (Å²) < 4.78 is 5.20. The summed E-state index contributed by atoms with van der Waals surface area (Å²) in [5.41, 5.74) is 6.39. The SMILES string of the molecule is Nc1nc(C(=O)CO)nc2nc(-c3ccco3)[nH]c12. The molecule has 4 N–H and O–H groups in total. The molecule has 0 radical (unpaired) electrons. The molecule has 0 saturated carbocycles. The summed E-state index contributed by atoms with van der Waals surface area (Å²) in [4.78, 5) is 26.2. The molecule has 3 aromatic rings. The quantitative estimate of drug-likeness (QED) is 0.579. The smallest absolute Gasteiger partial charge is 0.225 e. The zero-order valence-electron chi connectivity index (χ0n) is 9.62. The molecule has 0 unspecified atom stereocenters. The number of hydrogen-bond acceptors (Lipinski definition) is 7. The first kappa shape index (κ1) is 11.4. The van der Waals surface area contributed by atoms with E-state index in [-0.39, 0.29) is 17.3 Å². The minimum absolute atomic E-state index is 0.0899. The molecule has 0 atom stereocenters. The van der Waals surface area contributed by atoms with E-state index in [9.17, 15) is 4.79 Å². The number of imidazole rings is 1. The number of fused-ring (bicyclic) bond motifs is 1. The Hall–Kier alpha value is -2.74. The van der Waals surface area contributed by atoms with E-state index in [0.29, 0.717) is 17.1 Å². The molecule has 0 bridgehead atoms. The molecule has 0 saturated heterocycles. The van der Waals surface area contributed by atoms with E-state index in [1.54, 1.807) is 12.1 Å². The highest BCUT2D eigenvalue weighted by Gasteiger charge is 2.16. The van der Waals surface area contributed by atoms with Gasteiger partial charge in [-0.15, -0.1) is 0 Å². The number of H-pyrrole nitrogens is 1. The number of nitrogens with two attached hydrogens (primary N) is 1. The minimum atomic E-state index is -0.680. The molecule has 0 fully saturated rings. The molecule has 0 spiro atoms. The van der Waals surface area contributed by atoms with Crippen molar-refractivity contribution in [2.75, 3.05) is 12.3 Å². The van der Waals surface area contributed by atoms with Gasteiger partial charge in [0.2, 0.25) is 11.6 Å². The molecule has 8 nitrogen and oxygen atoms in total. The van der Waals surface area contributed by atoms with Gasteiger partial charge in [-0.05, 0) is 12.1 Å². The van der Waals surface area contributed by atoms with Gasteiger partial charge < -0.3 is 20.2 Å². The van der Waals surface area contributed by atoms with Crippen LogP contribution < -0.4 is 5.73 Å². The molecule has 0 amide bonds. The maximum absolute atomic E-state index is 11.4. The number of aliphatic hydroxyl groups excluding tert-OH is 1. The molecule has 3 rings (SSSR count). The van der Waals surface area contributed by atoms with Crippen molar-refractivity contribution in [1.82, 2.24) is 19.9 Å². The maximum atomic E-state index is 11.4. The first-order valence-corrected chi connectivity index (χ1v) is 5.40. The second-order valence-electron chi connectivity index (χ2n) is 3.78. The Kier molecular flexibility index (Phi) is 2.50. The number of Topliss-reactive ketones (excluding diaryl/α,β-unsaturated/α-hetero) is 1. The van der Waals surface area contributed by atoms with Crippen LogP contribution in [-0.4, -0.2) is 37.4 Å². The lowest BCUT2D eigenvalue weighted by molar-refractivity contribution is 0.0893. The number of hydrogen-bond donors (Lipinski definition) is 3. The number of carbonyl (C=O) groups excluding carboxylic acids is 1. The lowest BCUT2D eigenvalue weighted by Crippen LogP contribution is -2.11. The Morgan fingerprint density at radius 2 is 2.26 bits per heavy atom. The number of nitrogens with one attached hydrogen (secondary N) is 1. The lowest BCUT2D eigenvalue weighted by atomic mass is 10.3. The van der Waals surface area contributed by atoms with Crippen LogP contribution in [0.15, 0.2) is 22.8 Å². The second-order valence-corrected chi connectivity index (χ2v) is 3.78. The number of aliphatic hydroxyl groups is 1. The second kappa shape index (κ2) is 4.18. The van der Waals surface area contributed by atoms with Crippen molar-refractivity contribution >= 4 is 22.8 Å². The van der Waals surface area contributed by atoms with Gasteiger partial charge in [-0.1, -0.05) is 0 Å². The number of anilines is 1. The number of aromatic amines is 1. The summed E-state index contributed by atoms with van der Waals surface area (Å²) in [6.07, 6.45) is 1.51. The highest BCUT2D eigenvalue weighted by molar-refractivity contribution is 5.96. The predicted molar refractivity (Wildman–Crippen MR) is 65.2 cm³/mol. The molecule has 8 heteroatoms. The summed E-state index contributed by atoms with van der Waals surface area (Å²) >= 11 is 0. The molecule has 0 aliphatic carbocycles. The van der Waals surface area contributed by atoms with E-state index >= 15 is 0 Å². The van der Waals surface area contributed by atoms with Gasteiger partial charge in [0.15, 0.2) is 23.0 Å². The van der Waals surface area contributed by atoms with Gasteiger partial charge in [-0.25, -0.2) is 15.0 Å². The topological polar surface area (TPSA) is 131 Å². The summed E-state index contributed by atoms with van der Waals surface area (Å²) in [7, 11) is 0. The summed E-state index contributed by atoms with van der Waals surface area (Å²) in [6, 6.07) is 3.44. The Bertz CT molecular complexity index is 747. The first-order valence-electron chi connectivity index (χ1n) is 5.40. The molecule has 19 heavy (non-hydrogen) atoms. The third-order valence-corrected chi connectivity index (χ3v) is 2.53. The normalized spacial score (nSPS) is 11.0. The third-order valence-electron chi connectivity index (χ3n) is 2.53. The van der Waals surface area contributed by atoms with E-state index in [2.05, 4.69) is 19.9 Å². The van der Waals surface area contributed by atoms with Gasteiger partial charge in [0, 0.05) is 0 Å². The van der Waals surface area contributed by atoms with E-state index in [4.69, 9.17) is 15.3 Å². The fourth-order valence-electron chi connectivity index (χ4n) is 1.64. The van der Waals surface area contributed by atoms with Crippen LogP contribution in [0.25, 0.3) is 22.7 Å². The summed E-state index contributed by atoms with van der Waals surface area (Å²) in [5, 5.41) is 8.79. The number of furan rings is 1. The zero-order valence-corrected chi connectivity index (χ0v) is 9.62. The van der Waals surface area contributed by atoms with Gasteiger partial charge in [0.1, 0.15) is 12.1 Å². The number of nitrogens with zero attached hydrogens (tertiary/aromatic N) is 3. The van der Waals surface area contributed by atoms with Gasteiger partial charge in [-0.3, -0.25) is 4.79 Å². The monoisotopic (exact) mass is 259 g/mol. The van der Waals surface area contributed by atoms with Gasteiger partial charge >= 0.3 is 0 Å². The number of carbonyl (C=O) groups is 1. The molecule has 3 aromatic heterocycles. The molecule has 3 heterocycles. The fraction of sp³-hybridized carbons (Fsp3) is 0.0909. The Morgan fingerprint density at radius 1 is 1.42 bits per heavy atom. The van der Waals surface area contributed by atoms with Crippen molar-refractivity contribution in [3.8, 4) is 11.6 Å². The molecular weight excluding hydrogens is 250 g/mol. The Morgan fingerprint density at radius 3 is 2.95 bits per heavy atom. The van der Waals surface area contributed by atoms with Crippen LogP contribution in [-0.2, 0) is 0 Å². The number of ketones is 1.